The molecule has 0 saturated heterocycles. The Balaban J connectivity index is 1.94. The molecule has 2 nitrogen and oxygen atoms in total. The van der Waals surface area contributed by atoms with Crippen LogP contribution in [0.15, 0.2) is 24.3 Å². The van der Waals surface area contributed by atoms with Gasteiger partial charge < -0.3 is 0 Å². The van der Waals surface area contributed by atoms with E-state index >= 15 is 0 Å². The van der Waals surface area contributed by atoms with Gasteiger partial charge >= 0.3 is 0 Å². The number of hydrazine groups is 1. The average molecular weight is 341 g/mol. The summed E-state index contributed by atoms with van der Waals surface area (Å²) in [6.07, 6.45) is 6.29. The van der Waals surface area contributed by atoms with Gasteiger partial charge in [-0.1, -0.05) is 35.7 Å². The Hall–Kier alpha value is -0.580. The lowest BCUT2D eigenvalue weighted by atomic mass is 10.0. The molecule has 0 amide bonds. The molecule has 0 spiro atoms. The standard InChI is InChI=1S/C16H18Cl2N2S/c17-12-7-6-11(8-13(12)18)16(20-19)15-9-10-4-2-1-3-5-14(10)21-15/h6-9,16,20H,1-5,19H2. The van der Waals surface area contributed by atoms with E-state index in [4.69, 9.17) is 29.0 Å². The fraction of sp³-hybridized carbons (Fsp3) is 0.375. The summed E-state index contributed by atoms with van der Waals surface area (Å²) >= 11 is 14.0. The molecule has 112 valence electrons. The van der Waals surface area contributed by atoms with E-state index in [2.05, 4.69) is 11.5 Å². The summed E-state index contributed by atoms with van der Waals surface area (Å²) < 4.78 is 0. The molecule has 1 unspecified atom stereocenters. The van der Waals surface area contributed by atoms with Crippen LogP contribution in [-0.2, 0) is 12.8 Å². The number of thiophene rings is 1. The summed E-state index contributed by atoms with van der Waals surface area (Å²) in [5, 5.41) is 1.13. The van der Waals surface area contributed by atoms with Crippen molar-refractivity contribution in [3.63, 3.8) is 0 Å². The molecule has 3 N–H and O–H groups in total. The number of halogens is 2. The number of aryl methyl sites for hydroxylation is 2. The Morgan fingerprint density at radius 2 is 1.86 bits per heavy atom. The average Bonchev–Trinajstić information content (AvgIpc) is 2.74. The van der Waals surface area contributed by atoms with Gasteiger partial charge in [-0.2, -0.15) is 0 Å². The number of benzene rings is 1. The highest BCUT2D eigenvalue weighted by molar-refractivity contribution is 7.12. The van der Waals surface area contributed by atoms with Gasteiger partial charge in [0.25, 0.3) is 0 Å². The second-order valence-corrected chi connectivity index (χ2v) is 7.41. The van der Waals surface area contributed by atoms with Crippen molar-refractivity contribution in [3.8, 4) is 0 Å². The fourth-order valence-electron chi connectivity index (χ4n) is 2.87. The molecule has 1 aliphatic carbocycles. The Morgan fingerprint density at radius 3 is 2.62 bits per heavy atom. The van der Waals surface area contributed by atoms with Crippen LogP contribution in [0.1, 0.15) is 46.2 Å². The quantitative estimate of drug-likeness (QED) is 0.474. The maximum absolute atomic E-state index is 6.13. The second kappa shape index (κ2) is 6.67. The molecule has 0 aliphatic heterocycles. The van der Waals surface area contributed by atoms with Gasteiger partial charge in [0, 0.05) is 9.75 Å². The maximum atomic E-state index is 6.13. The molecule has 5 heteroatoms. The molecule has 1 aromatic carbocycles. The monoisotopic (exact) mass is 340 g/mol. The first kappa shape index (κ1) is 15.3. The Morgan fingerprint density at radius 1 is 1.05 bits per heavy atom. The Labute approximate surface area is 139 Å². The number of hydrogen-bond donors (Lipinski definition) is 2. The SMILES string of the molecule is NNC(c1ccc(Cl)c(Cl)c1)c1cc2c(s1)CCCCC2. The summed E-state index contributed by atoms with van der Waals surface area (Å²) in [6, 6.07) is 7.96. The van der Waals surface area contributed by atoms with Crippen molar-refractivity contribution < 1.29 is 0 Å². The van der Waals surface area contributed by atoms with Gasteiger partial charge in [-0.05, 0) is 55.0 Å². The molecule has 1 aromatic heterocycles. The molecule has 3 rings (SSSR count). The normalized spacial score (nSPS) is 16.3. The lowest BCUT2D eigenvalue weighted by Gasteiger charge is -2.15. The Kier molecular flexibility index (Phi) is 4.87. The zero-order valence-electron chi connectivity index (χ0n) is 11.7. The zero-order chi connectivity index (χ0) is 14.8. The van der Waals surface area contributed by atoms with Crippen LogP contribution >= 0.6 is 34.5 Å². The van der Waals surface area contributed by atoms with Crippen molar-refractivity contribution in [2.45, 2.75) is 38.1 Å². The van der Waals surface area contributed by atoms with Crippen molar-refractivity contribution in [3.05, 3.63) is 55.2 Å². The number of hydrogen-bond acceptors (Lipinski definition) is 3. The van der Waals surface area contributed by atoms with Crippen LogP contribution in [0.5, 0.6) is 0 Å². The summed E-state index contributed by atoms with van der Waals surface area (Å²) in [5.41, 5.74) is 5.45. The Bertz CT molecular complexity index is 616. The van der Waals surface area contributed by atoms with E-state index in [1.165, 1.54) is 47.4 Å². The second-order valence-electron chi connectivity index (χ2n) is 5.43. The minimum Gasteiger partial charge on any atom is -0.271 e. The van der Waals surface area contributed by atoms with E-state index in [1.54, 1.807) is 0 Å². The first-order valence-corrected chi connectivity index (χ1v) is 8.79. The van der Waals surface area contributed by atoms with Crippen molar-refractivity contribution >= 4 is 34.5 Å². The molecular formula is C16H18Cl2N2S. The van der Waals surface area contributed by atoms with Gasteiger partial charge in [0.1, 0.15) is 0 Å². The lowest BCUT2D eigenvalue weighted by molar-refractivity contribution is 0.645. The largest absolute Gasteiger partial charge is 0.271 e. The number of nitrogens with two attached hydrogens (primary N) is 1. The highest BCUT2D eigenvalue weighted by atomic mass is 35.5. The van der Waals surface area contributed by atoms with Gasteiger partial charge in [0.2, 0.25) is 0 Å². The van der Waals surface area contributed by atoms with Crippen LogP contribution in [0.25, 0.3) is 0 Å². The van der Waals surface area contributed by atoms with Crippen LogP contribution in [0.4, 0.5) is 0 Å². The van der Waals surface area contributed by atoms with Gasteiger partial charge in [-0.15, -0.1) is 11.3 Å². The molecule has 1 heterocycles. The van der Waals surface area contributed by atoms with E-state index in [0.717, 1.165) is 5.56 Å². The molecular weight excluding hydrogens is 323 g/mol. The maximum Gasteiger partial charge on any atom is 0.0803 e. The molecule has 0 bridgehead atoms. The van der Waals surface area contributed by atoms with Crippen molar-refractivity contribution in [1.82, 2.24) is 5.43 Å². The summed E-state index contributed by atoms with van der Waals surface area (Å²) in [6.45, 7) is 0. The third kappa shape index (κ3) is 3.27. The van der Waals surface area contributed by atoms with E-state index in [9.17, 15) is 0 Å². The van der Waals surface area contributed by atoms with Gasteiger partial charge in [-0.3, -0.25) is 5.84 Å². The first-order chi connectivity index (χ1) is 10.2. The van der Waals surface area contributed by atoms with Crippen LogP contribution in [0, 0.1) is 0 Å². The molecule has 21 heavy (non-hydrogen) atoms. The zero-order valence-corrected chi connectivity index (χ0v) is 14.0. The summed E-state index contributed by atoms with van der Waals surface area (Å²) in [4.78, 5) is 2.77. The lowest BCUT2D eigenvalue weighted by Crippen LogP contribution is -2.28. The van der Waals surface area contributed by atoms with Crippen molar-refractivity contribution in [2.24, 2.45) is 5.84 Å². The summed E-state index contributed by atoms with van der Waals surface area (Å²) in [5.74, 6) is 5.79. The van der Waals surface area contributed by atoms with Crippen LogP contribution < -0.4 is 11.3 Å². The smallest absolute Gasteiger partial charge is 0.0803 e. The fourth-order valence-corrected chi connectivity index (χ4v) is 4.52. The number of nitrogens with one attached hydrogen (secondary N) is 1. The highest BCUT2D eigenvalue weighted by Crippen LogP contribution is 2.36. The third-order valence-corrected chi connectivity index (χ3v) is 6.03. The van der Waals surface area contributed by atoms with Gasteiger partial charge in [0.15, 0.2) is 0 Å². The molecule has 2 aromatic rings. The molecule has 0 radical (unpaired) electrons. The molecule has 0 saturated carbocycles. The van der Waals surface area contributed by atoms with Crippen LogP contribution in [0.2, 0.25) is 10.0 Å². The van der Waals surface area contributed by atoms with Crippen LogP contribution in [-0.4, -0.2) is 0 Å². The third-order valence-electron chi connectivity index (χ3n) is 3.99. The first-order valence-electron chi connectivity index (χ1n) is 7.21. The summed E-state index contributed by atoms with van der Waals surface area (Å²) in [7, 11) is 0. The molecule has 0 fully saturated rings. The minimum atomic E-state index is -0.0308. The van der Waals surface area contributed by atoms with E-state index in [-0.39, 0.29) is 6.04 Å². The van der Waals surface area contributed by atoms with Gasteiger partial charge in [0.05, 0.1) is 16.1 Å². The van der Waals surface area contributed by atoms with E-state index in [1.807, 2.05) is 29.5 Å². The number of fused-ring (bicyclic) bond motifs is 1. The van der Waals surface area contributed by atoms with Gasteiger partial charge in [-0.25, -0.2) is 5.43 Å². The highest BCUT2D eigenvalue weighted by Gasteiger charge is 2.19. The van der Waals surface area contributed by atoms with Crippen molar-refractivity contribution in [2.75, 3.05) is 0 Å². The van der Waals surface area contributed by atoms with Crippen LogP contribution in [0.3, 0.4) is 0 Å². The van der Waals surface area contributed by atoms with E-state index in [0.29, 0.717) is 10.0 Å². The number of rotatable bonds is 3. The van der Waals surface area contributed by atoms with Crippen molar-refractivity contribution in [1.29, 1.82) is 0 Å². The topological polar surface area (TPSA) is 38.0 Å². The molecule has 1 atom stereocenters. The predicted molar refractivity (Wildman–Crippen MR) is 91.2 cm³/mol. The van der Waals surface area contributed by atoms with E-state index < -0.39 is 0 Å². The molecule has 1 aliphatic rings. The predicted octanol–water partition coefficient (Wildman–Crippen LogP) is 4.88. The minimum absolute atomic E-state index is 0.0308.